The molecule has 1 atom stereocenters. The van der Waals surface area contributed by atoms with Gasteiger partial charge in [0.2, 0.25) is 0 Å². The van der Waals surface area contributed by atoms with Crippen LogP contribution in [0.5, 0.6) is 0 Å². The van der Waals surface area contributed by atoms with Crippen LogP contribution in [0.2, 0.25) is 0 Å². The fourth-order valence-corrected chi connectivity index (χ4v) is 1.23. The molecule has 0 N–H and O–H groups in total. The molecule has 0 fully saturated rings. The van der Waals surface area contributed by atoms with Crippen LogP contribution < -0.4 is 0 Å². The van der Waals surface area contributed by atoms with Crippen molar-refractivity contribution in [2.45, 2.75) is 46.1 Å². The summed E-state index contributed by atoms with van der Waals surface area (Å²) in [6, 6.07) is 0.456. The average Bonchev–Trinajstić information content (AvgIpc) is 2.66. The number of hydrogen-bond acceptors (Lipinski definition) is 2. The maximum Gasteiger partial charge on any atom is 0.0830 e. The van der Waals surface area contributed by atoms with Crippen LogP contribution >= 0.6 is 0 Å². The summed E-state index contributed by atoms with van der Waals surface area (Å²) in [5.74, 6) is 0. The highest BCUT2D eigenvalue weighted by Crippen LogP contribution is 2.09. The van der Waals surface area contributed by atoms with Crippen LogP contribution in [-0.2, 0) is 6.42 Å². The first-order valence-corrected chi connectivity index (χ1v) is 5.29. The number of nitrogens with zero attached hydrogens (tertiary/aromatic N) is 3. The first kappa shape index (κ1) is 11.0. The summed E-state index contributed by atoms with van der Waals surface area (Å²) >= 11 is 0. The maximum atomic E-state index is 4.14. The predicted molar refractivity (Wildman–Crippen MR) is 58.2 cm³/mol. The van der Waals surface area contributed by atoms with E-state index in [1.165, 1.54) is 0 Å². The summed E-state index contributed by atoms with van der Waals surface area (Å²) in [6.07, 6.45) is 9.41. The molecule has 0 aliphatic carbocycles. The molecule has 0 aromatic carbocycles. The maximum absolute atomic E-state index is 4.14. The van der Waals surface area contributed by atoms with E-state index < -0.39 is 0 Å². The molecule has 1 heterocycles. The Bertz CT molecular complexity index is 288. The molecule has 1 rings (SSSR count). The molecule has 1 unspecified atom stereocenters. The van der Waals surface area contributed by atoms with E-state index in [2.05, 4.69) is 42.5 Å². The highest BCUT2D eigenvalue weighted by molar-refractivity contribution is 4.95. The molecule has 0 saturated heterocycles. The minimum Gasteiger partial charge on any atom is -0.250 e. The summed E-state index contributed by atoms with van der Waals surface area (Å²) in [7, 11) is 0. The van der Waals surface area contributed by atoms with Crippen LogP contribution in [0.25, 0.3) is 0 Å². The summed E-state index contributed by atoms with van der Waals surface area (Å²) in [5.41, 5.74) is 1.09. The second-order valence-electron chi connectivity index (χ2n) is 3.55. The third-order valence-corrected chi connectivity index (χ3v) is 2.40. The smallest absolute Gasteiger partial charge is 0.0830 e. The van der Waals surface area contributed by atoms with Gasteiger partial charge in [0.15, 0.2) is 0 Å². The highest BCUT2D eigenvalue weighted by atomic mass is 15.4. The standard InChI is InChI=1S/C11H19N3/c1-4-6-7-8-11-9-14(13-12-11)10(3)5-2/h4,6,9-10H,5,7-8H2,1-3H3. The fourth-order valence-electron chi connectivity index (χ4n) is 1.23. The summed E-state index contributed by atoms with van der Waals surface area (Å²) < 4.78 is 1.95. The highest BCUT2D eigenvalue weighted by Gasteiger charge is 2.04. The molecule has 0 amide bonds. The van der Waals surface area contributed by atoms with Gasteiger partial charge in [0.25, 0.3) is 0 Å². The van der Waals surface area contributed by atoms with Crippen molar-refractivity contribution in [1.29, 1.82) is 0 Å². The van der Waals surface area contributed by atoms with Gasteiger partial charge >= 0.3 is 0 Å². The van der Waals surface area contributed by atoms with Crippen molar-refractivity contribution in [2.24, 2.45) is 0 Å². The monoisotopic (exact) mass is 193 g/mol. The van der Waals surface area contributed by atoms with Gasteiger partial charge in [-0.05, 0) is 33.1 Å². The predicted octanol–water partition coefficient (Wildman–Crippen LogP) is 2.76. The molecule has 0 aliphatic heterocycles. The van der Waals surface area contributed by atoms with Crippen LogP contribution in [-0.4, -0.2) is 15.0 Å². The first-order valence-electron chi connectivity index (χ1n) is 5.29. The molecule has 0 radical (unpaired) electrons. The lowest BCUT2D eigenvalue weighted by Gasteiger charge is -2.05. The third kappa shape index (κ3) is 2.98. The van der Waals surface area contributed by atoms with Crippen LogP contribution in [0.1, 0.15) is 45.3 Å². The molecule has 3 heteroatoms. The third-order valence-electron chi connectivity index (χ3n) is 2.40. The molecule has 1 aromatic rings. The van der Waals surface area contributed by atoms with Gasteiger partial charge in [-0.25, -0.2) is 4.68 Å². The van der Waals surface area contributed by atoms with Gasteiger partial charge in [-0.2, -0.15) is 0 Å². The molecule has 14 heavy (non-hydrogen) atoms. The van der Waals surface area contributed by atoms with Gasteiger partial charge in [0.1, 0.15) is 0 Å². The average molecular weight is 193 g/mol. The number of hydrogen-bond donors (Lipinski definition) is 0. The summed E-state index contributed by atoms with van der Waals surface area (Å²) in [5, 5.41) is 8.24. The number of allylic oxidation sites excluding steroid dienone is 2. The molecule has 78 valence electrons. The Kier molecular flexibility index (Phi) is 4.36. The second-order valence-corrected chi connectivity index (χ2v) is 3.55. The van der Waals surface area contributed by atoms with Crippen molar-refractivity contribution >= 4 is 0 Å². The van der Waals surface area contributed by atoms with Gasteiger partial charge in [-0.15, -0.1) is 5.10 Å². The minimum absolute atomic E-state index is 0.456. The van der Waals surface area contributed by atoms with Crippen LogP contribution in [0.15, 0.2) is 18.3 Å². The van der Waals surface area contributed by atoms with Crippen LogP contribution in [0.3, 0.4) is 0 Å². The Morgan fingerprint density at radius 2 is 2.36 bits per heavy atom. The van der Waals surface area contributed by atoms with E-state index in [1.807, 2.05) is 11.6 Å². The lowest BCUT2D eigenvalue weighted by molar-refractivity contribution is 0.464. The van der Waals surface area contributed by atoms with Gasteiger partial charge in [-0.3, -0.25) is 0 Å². The van der Waals surface area contributed by atoms with Gasteiger partial charge in [0.05, 0.1) is 11.7 Å². The van der Waals surface area contributed by atoms with Gasteiger partial charge in [0, 0.05) is 6.20 Å². The lowest BCUT2D eigenvalue weighted by Crippen LogP contribution is -2.03. The largest absolute Gasteiger partial charge is 0.250 e. The number of rotatable bonds is 5. The zero-order valence-corrected chi connectivity index (χ0v) is 9.27. The summed E-state index contributed by atoms with van der Waals surface area (Å²) in [4.78, 5) is 0. The van der Waals surface area contributed by atoms with E-state index >= 15 is 0 Å². The van der Waals surface area contributed by atoms with E-state index in [4.69, 9.17) is 0 Å². The lowest BCUT2D eigenvalue weighted by atomic mass is 10.2. The number of aryl methyl sites for hydroxylation is 1. The second kappa shape index (κ2) is 5.58. The number of aromatic nitrogens is 3. The van der Waals surface area contributed by atoms with Crippen molar-refractivity contribution in [2.75, 3.05) is 0 Å². The molecular weight excluding hydrogens is 174 g/mol. The SMILES string of the molecule is CC=CCCc1cn(C(C)CC)nn1. The Balaban J connectivity index is 2.50. The van der Waals surface area contributed by atoms with E-state index in [9.17, 15) is 0 Å². The Morgan fingerprint density at radius 1 is 1.57 bits per heavy atom. The molecule has 0 bridgehead atoms. The molecule has 0 saturated carbocycles. The quantitative estimate of drug-likeness (QED) is 0.673. The van der Waals surface area contributed by atoms with E-state index in [1.54, 1.807) is 0 Å². The van der Waals surface area contributed by atoms with E-state index in [-0.39, 0.29) is 0 Å². The zero-order chi connectivity index (χ0) is 10.4. The minimum atomic E-state index is 0.456. The Labute approximate surface area is 85.8 Å². The molecular formula is C11H19N3. The first-order chi connectivity index (χ1) is 6.77. The van der Waals surface area contributed by atoms with Crippen molar-refractivity contribution in [1.82, 2.24) is 15.0 Å². The molecule has 1 aromatic heterocycles. The molecule has 3 nitrogen and oxygen atoms in total. The van der Waals surface area contributed by atoms with Crippen molar-refractivity contribution in [3.05, 3.63) is 24.0 Å². The van der Waals surface area contributed by atoms with Crippen molar-refractivity contribution in [3.63, 3.8) is 0 Å². The van der Waals surface area contributed by atoms with Crippen LogP contribution in [0.4, 0.5) is 0 Å². The fraction of sp³-hybridized carbons (Fsp3) is 0.636. The van der Waals surface area contributed by atoms with Gasteiger partial charge in [-0.1, -0.05) is 24.3 Å². The van der Waals surface area contributed by atoms with Crippen LogP contribution in [0, 0.1) is 0 Å². The zero-order valence-electron chi connectivity index (χ0n) is 9.27. The topological polar surface area (TPSA) is 30.7 Å². The normalized spacial score (nSPS) is 13.6. The Hall–Kier alpha value is -1.12. The van der Waals surface area contributed by atoms with E-state index in [0.29, 0.717) is 6.04 Å². The Morgan fingerprint density at radius 3 is 3.00 bits per heavy atom. The van der Waals surface area contributed by atoms with Crippen molar-refractivity contribution in [3.8, 4) is 0 Å². The van der Waals surface area contributed by atoms with E-state index in [0.717, 1.165) is 25.0 Å². The summed E-state index contributed by atoms with van der Waals surface area (Å²) in [6.45, 7) is 6.35. The molecule has 0 spiro atoms. The molecule has 0 aliphatic rings. The van der Waals surface area contributed by atoms with Crippen molar-refractivity contribution < 1.29 is 0 Å². The van der Waals surface area contributed by atoms with Gasteiger partial charge < -0.3 is 0 Å².